The van der Waals surface area contributed by atoms with Crippen molar-refractivity contribution in [3.8, 4) is 5.88 Å². The number of benzene rings is 2. The molecule has 9 nitrogen and oxygen atoms in total. The predicted molar refractivity (Wildman–Crippen MR) is 131 cm³/mol. The molecule has 5 rings (SSSR count). The molecular weight excluding hydrogens is 476 g/mol. The molecule has 1 heterocycles. The van der Waals surface area contributed by atoms with E-state index < -0.39 is 35.9 Å². The third kappa shape index (κ3) is 4.90. The Hall–Kier alpha value is -4.24. The number of Topliss-reactive ketones (excluding diaryl/α,β-unsaturated/α-hetero) is 1. The van der Waals surface area contributed by atoms with Gasteiger partial charge >= 0.3 is 6.16 Å². The third-order valence-electron chi connectivity index (χ3n) is 6.58. The van der Waals surface area contributed by atoms with Crippen molar-refractivity contribution in [1.29, 1.82) is 0 Å². The maximum atomic E-state index is 13.6. The number of nitrogens with zero attached hydrogens (tertiary/aromatic N) is 2. The lowest BCUT2D eigenvalue weighted by molar-refractivity contribution is -0.122. The quantitative estimate of drug-likeness (QED) is 0.348. The fraction of sp³-hybridized carbons (Fsp3) is 0.286. The van der Waals surface area contributed by atoms with Gasteiger partial charge in [-0.1, -0.05) is 60.7 Å². The van der Waals surface area contributed by atoms with E-state index >= 15 is 0 Å². The predicted octanol–water partition coefficient (Wildman–Crippen LogP) is 4.15. The maximum absolute atomic E-state index is 13.6. The number of ketones is 2. The summed E-state index contributed by atoms with van der Waals surface area (Å²) in [6, 6.07) is 18.1. The number of hydrogen-bond donors (Lipinski definition) is 0. The maximum Gasteiger partial charge on any atom is 0.509 e. The Morgan fingerprint density at radius 1 is 0.973 bits per heavy atom. The number of hydrogen-bond acceptors (Lipinski definition) is 9. The van der Waals surface area contributed by atoms with Gasteiger partial charge in [0.05, 0.1) is 12.0 Å². The second kappa shape index (κ2) is 10.4. The average Bonchev–Trinajstić information content (AvgIpc) is 3.33. The summed E-state index contributed by atoms with van der Waals surface area (Å²) in [5, 5.41) is 4.02. The number of carbonyl (C=O) groups excluding carboxylic acids is 3. The average molecular weight is 503 g/mol. The molecule has 0 saturated carbocycles. The molecule has 2 aliphatic rings. The van der Waals surface area contributed by atoms with Crippen LogP contribution < -0.4 is 4.74 Å². The Morgan fingerprint density at radius 2 is 1.62 bits per heavy atom. The van der Waals surface area contributed by atoms with Gasteiger partial charge < -0.3 is 18.7 Å². The smallest absolute Gasteiger partial charge is 0.470 e. The summed E-state index contributed by atoms with van der Waals surface area (Å²) < 4.78 is 22.3. The normalized spacial score (nSPS) is 22.4. The molecule has 0 aliphatic heterocycles. The lowest BCUT2D eigenvalue weighted by Gasteiger charge is -2.42. The molecule has 1 aromatic heterocycles. The van der Waals surface area contributed by atoms with Crippen molar-refractivity contribution in [3.05, 3.63) is 95.3 Å². The molecule has 0 bridgehead atoms. The molecule has 0 fully saturated rings. The van der Waals surface area contributed by atoms with E-state index in [4.69, 9.17) is 18.7 Å². The van der Waals surface area contributed by atoms with Crippen molar-refractivity contribution in [2.75, 3.05) is 14.1 Å². The van der Waals surface area contributed by atoms with Gasteiger partial charge in [0.15, 0.2) is 17.3 Å². The van der Waals surface area contributed by atoms with Gasteiger partial charge in [-0.15, -0.1) is 0 Å². The number of rotatable bonds is 7. The van der Waals surface area contributed by atoms with E-state index in [9.17, 15) is 14.4 Å². The second-order valence-electron chi connectivity index (χ2n) is 9.20. The van der Waals surface area contributed by atoms with Crippen LogP contribution in [-0.2, 0) is 27.5 Å². The van der Waals surface area contributed by atoms with Gasteiger partial charge in [0, 0.05) is 5.92 Å². The fourth-order valence-corrected chi connectivity index (χ4v) is 4.90. The summed E-state index contributed by atoms with van der Waals surface area (Å²) in [4.78, 5) is 41.0. The van der Waals surface area contributed by atoms with Crippen LogP contribution in [0.25, 0.3) is 0 Å². The van der Waals surface area contributed by atoms with Gasteiger partial charge in [-0.25, -0.2) is 4.79 Å². The zero-order chi connectivity index (χ0) is 25.9. The Labute approximate surface area is 213 Å². The van der Waals surface area contributed by atoms with Gasteiger partial charge in [-0.05, 0) is 42.5 Å². The van der Waals surface area contributed by atoms with Crippen LogP contribution in [0, 0.1) is 11.8 Å². The van der Waals surface area contributed by atoms with Gasteiger partial charge in [-0.2, -0.15) is 0 Å². The van der Waals surface area contributed by atoms with Crippen molar-refractivity contribution < 1.29 is 33.1 Å². The van der Waals surface area contributed by atoms with E-state index in [0.717, 1.165) is 11.1 Å². The van der Waals surface area contributed by atoms with Crippen molar-refractivity contribution >= 4 is 17.7 Å². The van der Waals surface area contributed by atoms with E-state index in [1.54, 1.807) is 14.1 Å². The van der Waals surface area contributed by atoms with Gasteiger partial charge in [0.1, 0.15) is 24.9 Å². The molecular formula is C28H26N2O7. The van der Waals surface area contributed by atoms with Crippen LogP contribution in [0.15, 0.2) is 77.3 Å². The van der Waals surface area contributed by atoms with Gasteiger partial charge in [-0.3, -0.25) is 14.5 Å². The van der Waals surface area contributed by atoms with Crippen LogP contribution >= 0.6 is 0 Å². The number of carbonyl (C=O) groups is 3. The van der Waals surface area contributed by atoms with Crippen LogP contribution in [-0.4, -0.2) is 48.0 Å². The van der Waals surface area contributed by atoms with E-state index in [1.807, 2.05) is 65.6 Å². The van der Waals surface area contributed by atoms with Gasteiger partial charge in [0.25, 0.3) is 5.88 Å². The zero-order valence-electron chi connectivity index (χ0n) is 20.4. The molecule has 0 amide bonds. The highest BCUT2D eigenvalue weighted by Crippen LogP contribution is 2.48. The summed E-state index contributed by atoms with van der Waals surface area (Å²) >= 11 is 0. The number of fused-ring (bicyclic) bond motifs is 2. The molecule has 2 aromatic carbocycles. The first-order valence-corrected chi connectivity index (χ1v) is 11.9. The summed E-state index contributed by atoms with van der Waals surface area (Å²) in [7, 11) is 3.59. The summed E-state index contributed by atoms with van der Waals surface area (Å²) in [6.07, 6.45) is 0.982. The Kier molecular flexibility index (Phi) is 6.87. The van der Waals surface area contributed by atoms with Crippen LogP contribution in [0.3, 0.4) is 0 Å². The van der Waals surface area contributed by atoms with Crippen molar-refractivity contribution in [2.24, 2.45) is 11.8 Å². The lowest BCUT2D eigenvalue weighted by atomic mass is 9.67. The molecule has 3 aromatic rings. The van der Waals surface area contributed by atoms with E-state index in [0.29, 0.717) is 0 Å². The van der Waals surface area contributed by atoms with Crippen molar-refractivity contribution in [1.82, 2.24) is 10.1 Å². The topological polar surface area (TPSA) is 108 Å². The van der Waals surface area contributed by atoms with E-state index in [2.05, 4.69) is 5.16 Å². The Balaban J connectivity index is 1.39. The molecule has 0 unspecified atom stereocenters. The first-order valence-electron chi connectivity index (χ1n) is 11.9. The van der Waals surface area contributed by atoms with Crippen LogP contribution in [0.5, 0.6) is 5.88 Å². The first-order chi connectivity index (χ1) is 17.9. The first kappa shape index (κ1) is 24.5. The molecule has 4 atom stereocenters. The minimum Gasteiger partial charge on any atom is -0.470 e. The molecule has 37 heavy (non-hydrogen) atoms. The molecule has 2 aliphatic carbocycles. The van der Waals surface area contributed by atoms with Crippen molar-refractivity contribution in [2.45, 2.75) is 25.4 Å². The Morgan fingerprint density at radius 3 is 2.27 bits per heavy atom. The van der Waals surface area contributed by atoms with E-state index in [1.165, 1.54) is 12.2 Å². The number of aromatic nitrogens is 1. The largest absolute Gasteiger partial charge is 0.509 e. The zero-order valence-corrected chi connectivity index (χ0v) is 20.4. The molecule has 0 radical (unpaired) electrons. The van der Waals surface area contributed by atoms with E-state index in [-0.39, 0.29) is 36.2 Å². The standard InChI is InChI=1S/C28H26N2O7/c1-30(2)24-22-20(36-28(33)35-16-18-11-7-4-8-12-18)14-13-19(31)21(22)25(32)23-26(24)37-29-27(23)34-15-17-9-5-3-6-10-17/h3-14,20-22,24H,15-16H2,1-2H3/t20-,21-,22+,24-/m0/s1. The highest BCUT2D eigenvalue weighted by Gasteiger charge is 2.55. The molecule has 0 saturated heterocycles. The minimum absolute atomic E-state index is 0.0353. The highest BCUT2D eigenvalue weighted by molar-refractivity contribution is 6.17. The highest BCUT2D eigenvalue weighted by atomic mass is 16.7. The molecule has 9 heteroatoms. The monoisotopic (exact) mass is 502 g/mol. The van der Waals surface area contributed by atoms with Crippen LogP contribution in [0.4, 0.5) is 4.79 Å². The summed E-state index contributed by atoms with van der Waals surface area (Å²) in [6.45, 7) is 0.216. The molecule has 0 N–H and O–H groups in total. The number of ether oxygens (including phenoxy) is 3. The molecule has 190 valence electrons. The number of allylic oxidation sites excluding steroid dienone is 1. The van der Waals surface area contributed by atoms with Crippen LogP contribution in [0.1, 0.15) is 33.3 Å². The lowest BCUT2D eigenvalue weighted by Crippen LogP contribution is -2.50. The van der Waals surface area contributed by atoms with Gasteiger partial charge in [0.2, 0.25) is 0 Å². The van der Waals surface area contributed by atoms with Crippen LogP contribution in [0.2, 0.25) is 0 Å². The third-order valence-corrected chi connectivity index (χ3v) is 6.58. The van der Waals surface area contributed by atoms with Crippen molar-refractivity contribution in [3.63, 3.8) is 0 Å². The second-order valence-corrected chi connectivity index (χ2v) is 9.20. The Bertz CT molecular complexity index is 1320. The minimum atomic E-state index is -1.09. The SMILES string of the molecule is CN(C)[C@@H]1c2onc(OCc3ccccc3)c2C(=O)[C@H]2C(=O)C=C[C@H](OC(=O)OCc3ccccc3)[C@H]21. The summed E-state index contributed by atoms with van der Waals surface area (Å²) in [5.41, 5.74) is 1.84. The fourth-order valence-electron chi connectivity index (χ4n) is 4.90. The molecule has 0 spiro atoms. The summed E-state index contributed by atoms with van der Waals surface area (Å²) in [5.74, 6) is -2.35.